The fourth-order valence-electron chi connectivity index (χ4n) is 1.44. The Morgan fingerprint density at radius 3 is 2.13 bits per heavy atom. The van der Waals surface area contributed by atoms with Crippen molar-refractivity contribution in [2.45, 2.75) is 18.9 Å². The van der Waals surface area contributed by atoms with Crippen LogP contribution >= 0.6 is 0 Å². The van der Waals surface area contributed by atoms with Gasteiger partial charge in [0, 0.05) is 24.8 Å². The number of aliphatic hydroxyl groups is 1. The van der Waals surface area contributed by atoms with Crippen LogP contribution in [0.5, 0.6) is 17.2 Å². The molecule has 0 bridgehead atoms. The monoisotopic (exact) mass is 213 g/mol. The van der Waals surface area contributed by atoms with Gasteiger partial charge in [-0.25, -0.2) is 0 Å². The van der Waals surface area contributed by atoms with Crippen LogP contribution in [0.1, 0.15) is 24.4 Å². The molecule has 0 radical (unpaired) electrons. The van der Waals surface area contributed by atoms with Crippen molar-refractivity contribution >= 4 is 0 Å². The van der Waals surface area contributed by atoms with Crippen LogP contribution in [-0.4, -0.2) is 27.0 Å². The van der Waals surface area contributed by atoms with Gasteiger partial charge in [-0.2, -0.15) is 0 Å². The summed E-state index contributed by atoms with van der Waals surface area (Å²) >= 11 is 0. The predicted molar refractivity (Wildman–Crippen MR) is 54.7 cm³/mol. The summed E-state index contributed by atoms with van der Waals surface area (Å²) in [5, 5.41) is 36.7. The van der Waals surface area contributed by atoms with E-state index in [4.69, 9.17) is 15.9 Å². The molecule has 0 spiro atoms. The molecule has 1 aromatic carbocycles. The lowest BCUT2D eigenvalue weighted by Gasteiger charge is -2.14. The maximum atomic E-state index is 9.48. The highest BCUT2D eigenvalue weighted by molar-refractivity contribution is 5.50. The zero-order valence-corrected chi connectivity index (χ0v) is 8.22. The molecular weight excluding hydrogens is 198 g/mol. The quantitative estimate of drug-likeness (QED) is 0.503. The second-order valence-corrected chi connectivity index (χ2v) is 3.37. The molecule has 0 amide bonds. The van der Waals surface area contributed by atoms with Gasteiger partial charge >= 0.3 is 0 Å². The van der Waals surface area contributed by atoms with E-state index in [9.17, 15) is 10.2 Å². The molecule has 0 saturated heterocycles. The number of benzene rings is 1. The summed E-state index contributed by atoms with van der Waals surface area (Å²) in [4.78, 5) is 0. The zero-order valence-electron chi connectivity index (χ0n) is 8.22. The van der Waals surface area contributed by atoms with Crippen molar-refractivity contribution < 1.29 is 20.4 Å². The second-order valence-electron chi connectivity index (χ2n) is 3.37. The van der Waals surface area contributed by atoms with Crippen molar-refractivity contribution in [2.75, 3.05) is 6.61 Å². The average molecular weight is 213 g/mol. The Kier molecular flexibility index (Phi) is 3.76. The third kappa shape index (κ3) is 2.74. The van der Waals surface area contributed by atoms with Gasteiger partial charge in [-0.3, -0.25) is 0 Å². The molecule has 0 saturated carbocycles. The molecule has 84 valence electrons. The minimum atomic E-state index is -0.558. The highest BCUT2D eigenvalue weighted by Crippen LogP contribution is 2.36. The van der Waals surface area contributed by atoms with Gasteiger partial charge in [-0.15, -0.1) is 0 Å². The zero-order chi connectivity index (χ0) is 11.4. The normalized spacial score (nSPS) is 12.7. The molecule has 1 aromatic rings. The largest absolute Gasteiger partial charge is 0.508 e. The Labute approximate surface area is 87.4 Å². The van der Waals surface area contributed by atoms with E-state index in [-0.39, 0.29) is 29.4 Å². The Morgan fingerprint density at radius 1 is 1.13 bits per heavy atom. The first kappa shape index (κ1) is 11.6. The van der Waals surface area contributed by atoms with Crippen LogP contribution in [0.25, 0.3) is 0 Å². The van der Waals surface area contributed by atoms with Gasteiger partial charge < -0.3 is 26.2 Å². The molecule has 0 aliphatic carbocycles. The van der Waals surface area contributed by atoms with Gasteiger partial charge in [0.15, 0.2) is 0 Å². The molecule has 0 aliphatic heterocycles. The number of phenols is 3. The number of aromatic hydroxyl groups is 3. The van der Waals surface area contributed by atoms with Crippen LogP contribution in [0.2, 0.25) is 0 Å². The molecule has 5 heteroatoms. The summed E-state index contributed by atoms with van der Waals surface area (Å²) in [5.41, 5.74) is 5.92. The molecule has 0 aromatic heterocycles. The van der Waals surface area contributed by atoms with E-state index in [1.54, 1.807) is 0 Å². The maximum Gasteiger partial charge on any atom is 0.127 e. The van der Waals surface area contributed by atoms with E-state index in [1.165, 1.54) is 0 Å². The molecule has 0 aliphatic rings. The number of rotatable bonds is 4. The molecular formula is C10H15NO4. The number of hydrogen-bond donors (Lipinski definition) is 5. The first-order chi connectivity index (χ1) is 7.06. The van der Waals surface area contributed by atoms with Crippen LogP contribution in [0.3, 0.4) is 0 Å². The smallest absolute Gasteiger partial charge is 0.127 e. The minimum absolute atomic E-state index is 0.00725. The third-order valence-electron chi connectivity index (χ3n) is 2.17. The number of hydrogen-bond acceptors (Lipinski definition) is 5. The van der Waals surface area contributed by atoms with Crippen LogP contribution in [-0.2, 0) is 0 Å². The fourth-order valence-corrected chi connectivity index (χ4v) is 1.44. The Morgan fingerprint density at radius 2 is 1.67 bits per heavy atom. The Bertz CT molecular complexity index is 317. The number of aliphatic hydroxyl groups excluding tert-OH is 1. The molecule has 0 unspecified atom stereocenters. The topological polar surface area (TPSA) is 107 Å². The van der Waals surface area contributed by atoms with E-state index < -0.39 is 6.04 Å². The average Bonchev–Trinajstić information content (AvgIpc) is 2.12. The van der Waals surface area contributed by atoms with Crippen molar-refractivity contribution in [3.05, 3.63) is 17.7 Å². The van der Waals surface area contributed by atoms with Gasteiger partial charge in [-0.05, 0) is 12.8 Å². The highest BCUT2D eigenvalue weighted by atomic mass is 16.3. The first-order valence-corrected chi connectivity index (χ1v) is 4.67. The van der Waals surface area contributed by atoms with Crippen LogP contribution in [0.4, 0.5) is 0 Å². The molecule has 6 N–H and O–H groups in total. The third-order valence-corrected chi connectivity index (χ3v) is 2.17. The number of phenolic OH excluding ortho intramolecular Hbond substituents is 3. The molecule has 0 heterocycles. The summed E-state index contributed by atoms with van der Waals surface area (Å²) in [6, 6.07) is 1.68. The van der Waals surface area contributed by atoms with E-state index in [2.05, 4.69) is 0 Å². The molecule has 15 heavy (non-hydrogen) atoms. The maximum absolute atomic E-state index is 9.48. The fraction of sp³-hybridized carbons (Fsp3) is 0.400. The number of nitrogens with two attached hydrogens (primary N) is 1. The van der Waals surface area contributed by atoms with E-state index in [0.717, 1.165) is 12.1 Å². The van der Waals surface area contributed by atoms with Crippen molar-refractivity contribution in [2.24, 2.45) is 5.73 Å². The first-order valence-electron chi connectivity index (χ1n) is 4.67. The van der Waals surface area contributed by atoms with Gasteiger partial charge in [0.05, 0.1) is 5.56 Å². The lowest BCUT2D eigenvalue weighted by molar-refractivity contribution is 0.278. The van der Waals surface area contributed by atoms with Crippen molar-refractivity contribution in [3.63, 3.8) is 0 Å². The summed E-state index contributed by atoms with van der Waals surface area (Å²) in [7, 11) is 0. The lowest BCUT2D eigenvalue weighted by atomic mass is 10.0. The van der Waals surface area contributed by atoms with Gasteiger partial charge in [0.25, 0.3) is 0 Å². The summed E-state index contributed by atoms with van der Waals surface area (Å²) in [6.45, 7) is 0.00725. The molecule has 5 nitrogen and oxygen atoms in total. The van der Waals surface area contributed by atoms with Gasteiger partial charge in [-0.1, -0.05) is 0 Å². The van der Waals surface area contributed by atoms with Crippen molar-refractivity contribution in [1.82, 2.24) is 0 Å². The van der Waals surface area contributed by atoms with Gasteiger partial charge in [0.2, 0.25) is 0 Å². The second kappa shape index (κ2) is 4.86. The summed E-state index contributed by atoms with van der Waals surface area (Å²) in [5.74, 6) is -0.695. The standard InChI is InChI=1S/C10H15NO4/c11-7(2-1-3-12)10-8(14)4-6(13)5-9(10)15/h4-5,7,12-15H,1-3,11H2/t7-/m0/s1. The SMILES string of the molecule is N[C@@H](CCCO)c1c(O)cc(O)cc1O. The van der Waals surface area contributed by atoms with E-state index in [0.29, 0.717) is 12.8 Å². The van der Waals surface area contributed by atoms with Crippen molar-refractivity contribution in [1.29, 1.82) is 0 Å². The molecule has 1 rings (SSSR count). The van der Waals surface area contributed by atoms with E-state index in [1.807, 2.05) is 0 Å². The summed E-state index contributed by atoms with van der Waals surface area (Å²) < 4.78 is 0. The summed E-state index contributed by atoms with van der Waals surface area (Å²) in [6.07, 6.45) is 0.934. The van der Waals surface area contributed by atoms with Crippen molar-refractivity contribution in [3.8, 4) is 17.2 Å². The van der Waals surface area contributed by atoms with Crippen LogP contribution in [0.15, 0.2) is 12.1 Å². The van der Waals surface area contributed by atoms with Crippen LogP contribution in [0, 0.1) is 0 Å². The van der Waals surface area contributed by atoms with Crippen LogP contribution < -0.4 is 5.73 Å². The Hall–Kier alpha value is -1.46. The highest BCUT2D eigenvalue weighted by Gasteiger charge is 2.16. The molecule has 0 fully saturated rings. The molecule has 1 atom stereocenters. The Balaban J connectivity index is 2.92. The van der Waals surface area contributed by atoms with E-state index >= 15 is 0 Å². The van der Waals surface area contributed by atoms with Gasteiger partial charge in [0.1, 0.15) is 17.2 Å². The lowest BCUT2D eigenvalue weighted by Crippen LogP contribution is -2.11. The predicted octanol–water partition coefficient (Wildman–Crippen LogP) is 0.576. The minimum Gasteiger partial charge on any atom is -0.508 e.